The molecule has 0 aliphatic heterocycles. The van der Waals surface area contributed by atoms with Crippen LogP contribution in [0.15, 0.2) is 30.3 Å². The highest BCUT2D eigenvalue weighted by molar-refractivity contribution is 6.95. The smallest absolute Gasteiger partial charge is 0.414 e. The van der Waals surface area contributed by atoms with Crippen LogP contribution in [0, 0.1) is 0 Å². The average molecular weight is 441 g/mol. The highest BCUT2D eigenvalue weighted by Gasteiger charge is 2.51. The highest BCUT2D eigenvalue weighted by atomic mass is 28.5. The Morgan fingerprint density at radius 2 is 1.11 bits per heavy atom. The second-order valence-corrected chi connectivity index (χ2v) is 26.8. The van der Waals surface area contributed by atoms with Crippen LogP contribution in [0.3, 0.4) is 0 Å². The molecule has 0 saturated heterocycles. The fourth-order valence-corrected chi connectivity index (χ4v) is 15.9. The van der Waals surface area contributed by atoms with E-state index in [1.807, 2.05) is 0 Å². The molecule has 0 radical (unpaired) electrons. The van der Waals surface area contributed by atoms with Crippen LogP contribution < -0.4 is 5.19 Å². The van der Waals surface area contributed by atoms with Gasteiger partial charge in [-0.25, -0.2) is 0 Å². The molecule has 0 atom stereocenters. The molecule has 1 aromatic rings. The number of rotatable bonds is 10. The summed E-state index contributed by atoms with van der Waals surface area (Å²) in [4.78, 5) is 0. The number of hydrogen-bond acceptors (Lipinski definition) is 3. The van der Waals surface area contributed by atoms with E-state index in [0.29, 0.717) is 0 Å². The summed E-state index contributed by atoms with van der Waals surface area (Å²) in [7, 11) is -8.59. The molecule has 3 nitrogen and oxygen atoms in total. The lowest BCUT2D eigenvalue weighted by molar-refractivity contribution is 0.273. The van der Waals surface area contributed by atoms with Gasteiger partial charge in [-0.2, -0.15) is 0 Å². The molecule has 154 valence electrons. The molecular formula is C20H40O3Si4. The zero-order chi connectivity index (χ0) is 20.9. The molecule has 7 heteroatoms. The Labute approximate surface area is 171 Å². The molecule has 0 fully saturated rings. The molecule has 0 unspecified atom stereocenters. The molecule has 0 heterocycles. The summed E-state index contributed by atoms with van der Waals surface area (Å²) in [6.45, 7) is 22.2. The van der Waals surface area contributed by atoms with Gasteiger partial charge in [-0.05, 0) is 70.9 Å². The van der Waals surface area contributed by atoms with E-state index in [4.69, 9.17) is 12.3 Å². The molecule has 0 aliphatic rings. The summed E-state index contributed by atoms with van der Waals surface area (Å²) < 4.78 is 20.4. The highest BCUT2D eigenvalue weighted by Crippen LogP contribution is 2.26. The summed E-state index contributed by atoms with van der Waals surface area (Å²) in [5.41, 5.74) is 1.21. The molecule has 0 N–H and O–H groups in total. The van der Waals surface area contributed by atoms with Crippen molar-refractivity contribution in [1.29, 1.82) is 0 Å². The van der Waals surface area contributed by atoms with Crippen molar-refractivity contribution in [3.05, 3.63) is 35.9 Å². The Morgan fingerprint density at radius 1 is 0.704 bits per heavy atom. The van der Waals surface area contributed by atoms with Gasteiger partial charge in [0.1, 0.15) is 0 Å². The van der Waals surface area contributed by atoms with E-state index >= 15 is 0 Å². The molecular weight excluding hydrogens is 401 g/mol. The minimum Gasteiger partial charge on any atom is -0.414 e. The van der Waals surface area contributed by atoms with E-state index in [2.05, 4.69) is 102 Å². The lowest BCUT2D eigenvalue weighted by atomic mass is 10.2. The van der Waals surface area contributed by atoms with E-state index < -0.39 is 33.8 Å². The molecule has 0 bridgehead atoms. The second kappa shape index (κ2) is 9.47. The number of unbranched alkanes of at least 4 members (excludes halogenated alkanes) is 1. The SMILES string of the molecule is CCCC=Cc1ccc([Si](O[Si](C)(C)C)(O[Si](C)(C)C)O[Si](C)(C)C)cc1. The Morgan fingerprint density at radius 3 is 1.44 bits per heavy atom. The van der Waals surface area contributed by atoms with Crippen LogP contribution in [-0.4, -0.2) is 33.8 Å². The van der Waals surface area contributed by atoms with Gasteiger partial charge >= 0.3 is 8.80 Å². The molecule has 0 aliphatic carbocycles. The van der Waals surface area contributed by atoms with Gasteiger partial charge in [-0.3, -0.25) is 0 Å². The molecule has 27 heavy (non-hydrogen) atoms. The third-order valence-corrected chi connectivity index (χ3v) is 15.0. The van der Waals surface area contributed by atoms with E-state index in [9.17, 15) is 0 Å². The first-order chi connectivity index (χ1) is 12.2. The largest absolute Gasteiger partial charge is 0.505 e. The monoisotopic (exact) mass is 440 g/mol. The zero-order valence-corrected chi connectivity index (χ0v) is 23.1. The maximum Gasteiger partial charge on any atom is 0.505 e. The normalized spacial score (nSPS) is 14.1. The Kier molecular flexibility index (Phi) is 8.68. The van der Waals surface area contributed by atoms with Crippen LogP contribution in [0.5, 0.6) is 0 Å². The van der Waals surface area contributed by atoms with Crippen LogP contribution in [0.4, 0.5) is 0 Å². The molecule has 0 amide bonds. The Bertz CT molecular complexity index is 567. The first-order valence-electron chi connectivity index (χ1n) is 10.0. The fraction of sp³-hybridized carbons (Fsp3) is 0.600. The van der Waals surface area contributed by atoms with E-state index in [1.165, 1.54) is 12.0 Å². The van der Waals surface area contributed by atoms with Crippen molar-refractivity contribution in [2.45, 2.75) is 78.7 Å². The van der Waals surface area contributed by atoms with Gasteiger partial charge in [-0.15, -0.1) is 0 Å². The van der Waals surface area contributed by atoms with Gasteiger partial charge in [0.05, 0.1) is 0 Å². The van der Waals surface area contributed by atoms with Crippen LogP contribution in [0.1, 0.15) is 25.3 Å². The summed E-state index contributed by atoms with van der Waals surface area (Å²) in [6, 6.07) is 8.66. The maximum absolute atomic E-state index is 6.79. The number of benzene rings is 1. The van der Waals surface area contributed by atoms with Crippen molar-refractivity contribution in [2.24, 2.45) is 0 Å². The van der Waals surface area contributed by atoms with Gasteiger partial charge in [0.25, 0.3) is 0 Å². The standard InChI is InChI=1S/C20H40O3Si4/c1-11-12-13-14-19-15-17-20(18-16-19)27(21-24(2,3)4,22-25(5,6)7)23-26(8,9)10/h13-18H,11-12H2,1-10H3. The maximum atomic E-state index is 6.79. The van der Waals surface area contributed by atoms with Crippen molar-refractivity contribution in [3.63, 3.8) is 0 Å². The van der Waals surface area contributed by atoms with Gasteiger partial charge in [0.2, 0.25) is 0 Å². The van der Waals surface area contributed by atoms with Crippen LogP contribution in [-0.2, 0) is 12.3 Å². The third kappa shape index (κ3) is 9.64. The summed E-state index contributed by atoms with van der Waals surface area (Å²) in [5, 5.41) is 1.10. The molecule has 0 spiro atoms. The first kappa shape index (κ1) is 24.7. The Hall–Kier alpha value is -0.292. The van der Waals surface area contributed by atoms with Gasteiger partial charge in [0.15, 0.2) is 25.0 Å². The lowest BCUT2D eigenvalue weighted by Gasteiger charge is -2.42. The van der Waals surface area contributed by atoms with Crippen molar-refractivity contribution >= 4 is 45.0 Å². The van der Waals surface area contributed by atoms with E-state index in [1.54, 1.807) is 0 Å². The van der Waals surface area contributed by atoms with Gasteiger partial charge < -0.3 is 12.3 Å². The quantitative estimate of drug-likeness (QED) is 0.405. The second-order valence-electron chi connectivity index (χ2n) is 10.0. The van der Waals surface area contributed by atoms with E-state index in [-0.39, 0.29) is 0 Å². The molecule has 1 aromatic carbocycles. The van der Waals surface area contributed by atoms with Gasteiger partial charge in [0, 0.05) is 5.19 Å². The van der Waals surface area contributed by atoms with Crippen molar-refractivity contribution in [3.8, 4) is 0 Å². The number of allylic oxidation sites excluding steroid dienone is 1. The average Bonchev–Trinajstić information content (AvgIpc) is 2.42. The predicted octanol–water partition coefficient (Wildman–Crippen LogP) is 6.20. The third-order valence-electron chi connectivity index (χ3n) is 3.35. The molecule has 0 saturated carbocycles. The molecule has 0 aromatic heterocycles. The van der Waals surface area contributed by atoms with Crippen molar-refractivity contribution < 1.29 is 12.3 Å². The summed E-state index contributed by atoms with van der Waals surface area (Å²) >= 11 is 0. The fourth-order valence-electron chi connectivity index (χ4n) is 2.63. The van der Waals surface area contributed by atoms with E-state index in [0.717, 1.165) is 11.6 Å². The first-order valence-corrected chi connectivity index (χ1v) is 22.0. The zero-order valence-electron chi connectivity index (χ0n) is 19.1. The van der Waals surface area contributed by atoms with Gasteiger partial charge in [-0.1, -0.05) is 49.8 Å². The minimum atomic E-state index is -2.98. The van der Waals surface area contributed by atoms with Crippen LogP contribution in [0.2, 0.25) is 58.9 Å². The lowest BCUT2D eigenvalue weighted by Crippen LogP contribution is -2.67. The van der Waals surface area contributed by atoms with Crippen LogP contribution >= 0.6 is 0 Å². The summed E-state index contributed by atoms with van der Waals surface area (Å²) in [5.74, 6) is 0. The number of hydrogen-bond donors (Lipinski definition) is 0. The minimum absolute atomic E-state index is 1.10. The predicted molar refractivity (Wildman–Crippen MR) is 129 cm³/mol. The van der Waals surface area contributed by atoms with Crippen LogP contribution in [0.25, 0.3) is 6.08 Å². The molecule has 1 rings (SSSR count). The van der Waals surface area contributed by atoms with Crippen molar-refractivity contribution in [1.82, 2.24) is 0 Å². The topological polar surface area (TPSA) is 27.7 Å². The van der Waals surface area contributed by atoms with Crippen molar-refractivity contribution in [2.75, 3.05) is 0 Å². The Balaban J connectivity index is 3.40. The summed E-state index contributed by atoms with van der Waals surface area (Å²) in [6.07, 6.45) is 6.70.